The third-order valence-corrected chi connectivity index (χ3v) is 3.85. The highest BCUT2D eigenvalue weighted by Crippen LogP contribution is 2.36. The third kappa shape index (κ3) is 3.77. The van der Waals surface area contributed by atoms with Crippen LogP contribution in [-0.4, -0.2) is 0 Å². The van der Waals surface area contributed by atoms with Crippen LogP contribution in [0.1, 0.15) is 37.2 Å². The number of hydrogen-bond donors (Lipinski definition) is 0. The fraction of sp³-hybridized carbons (Fsp3) is 0.353. The van der Waals surface area contributed by atoms with Crippen LogP contribution in [0.4, 0.5) is 8.78 Å². The van der Waals surface area contributed by atoms with E-state index >= 15 is 0 Å². The van der Waals surface area contributed by atoms with Crippen molar-refractivity contribution in [2.75, 3.05) is 0 Å². The summed E-state index contributed by atoms with van der Waals surface area (Å²) in [5.74, 6) is -0.704. The number of nitriles is 1. The highest BCUT2D eigenvalue weighted by Gasteiger charge is 2.21. The van der Waals surface area contributed by atoms with Crippen molar-refractivity contribution >= 4 is 0 Å². The van der Waals surface area contributed by atoms with Crippen molar-refractivity contribution in [2.24, 2.45) is 5.92 Å². The molecule has 0 saturated heterocycles. The van der Waals surface area contributed by atoms with Gasteiger partial charge in [-0.1, -0.05) is 24.3 Å². The molecule has 1 aliphatic rings. The highest BCUT2D eigenvalue weighted by atomic mass is 19.2. The van der Waals surface area contributed by atoms with Gasteiger partial charge in [-0.2, -0.15) is 5.26 Å². The number of allylic oxidation sites excluding steroid dienone is 4. The van der Waals surface area contributed by atoms with Gasteiger partial charge in [-0.15, -0.1) is 0 Å². The molecular formula is C17H17F2N. The third-order valence-electron chi connectivity index (χ3n) is 3.85. The lowest BCUT2D eigenvalue weighted by Gasteiger charge is -2.27. The van der Waals surface area contributed by atoms with E-state index in [0.29, 0.717) is 11.8 Å². The molecule has 0 heterocycles. The average Bonchev–Trinajstić information content (AvgIpc) is 2.47. The first-order valence-electron chi connectivity index (χ1n) is 6.88. The zero-order chi connectivity index (χ0) is 14.4. The SMILES string of the molecule is N#C/C=C/C=C/C1CCC(c2ccc(F)c(F)c2)CC1. The zero-order valence-electron chi connectivity index (χ0n) is 11.2. The topological polar surface area (TPSA) is 23.8 Å². The van der Waals surface area contributed by atoms with Gasteiger partial charge < -0.3 is 0 Å². The largest absolute Gasteiger partial charge is 0.204 e. The molecule has 0 aromatic heterocycles. The minimum Gasteiger partial charge on any atom is -0.204 e. The molecule has 0 N–H and O–H groups in total. The van der Waals surface area contributed by atoms with Crippen molar-refractivity contribution in [3.8, 4) is 6.07 Å². The summed E-state index contributed by atoms with van der Waals surface area (Å²) in [7, 11) is 0. The molecule has 1 aromatic rings. The fourth-order valence-electron chi connectivity index (χ4n) is 2.73. The Morgan fingerprint density at radius 3 is 2.45 bits per heavy atom. The lowest BCUT2D eigenvalue weighted by molar-refractivity contribution is 0.374. The Labute approximate surface area is 118 Å². The van der Waals surface area contributed by atoms with Crippen molar-refractivity contribution in [1.82, 2.24) is 0 Å². The Kier molecular flexibility index (Phi) is 5.06. The monoisotopic (exact) mass is 273 g/mol. The van der Waals surface area contributed by atoms with Crippen LogP contribution < -0.4 is 0 Å². The number of benzene rings is 1. The summed E-state index contributed by atoms with van der Waals surface area (Å²) in [5.41, 5.74) is 0.899. The molecule has 2 rings (SSSR count). The molecule has 0 radical (unpaired) electrons. The van der Waals surface area contributed by atoms with Gasteiger partial charge in [0.05, 0.1) is 6.07 Å². The van der Waals surface area contributed by atoms with Gasteiger partial charge in [0.15, 0.2) is 11.6 Å². The van der Waals surface area contributed by atoms with Crippen LogP contribution in [0, 0.1) is 28.9 Å². The lowest BCUT2D eigenvalue weighted by Crippen LogP contribution is -2.12. The first-order valence-corrected chi connectivity index (χ1v) is 6.88. The smallest absolute Gasteiger partial charge is 0.159 e. The second kappa shape index (κ2) is 7.00. The van der Waals surface area contributed by atoms with Crippen LogP contribution in [0.2, 0.25) is 0 Å². The van der Waals surface area contributed by atoms with Gasteiger partial charge in [0, 0.05) is 6.08 Å². The quantitative estimate of drug-likeness (QED) is 0.569. The van der Waals surface area contributed by atoms with E-state index in [1.807, 2.05) is 12.1 Å². The summed E-state index contributed by atoms with van der Waals surface area (Å²) in [4.78, 5) is 0. The normalized spacial score (nSPS) is 23.2. The molecule has 0 aliphatic heterocycles. The van der Waals surface area contributed by atoms with Gasteiger partial charge >= 0.3 is 0 Å². The Hall–Kier alpha value is -1.95. The van der Waals surface area contributed by atoms with Crippen LogP contribution in [-0.2, 0) is 0 Å². The minimum atomic E-state index is -0.783. The van der Waals surface area contributed by atoms with Gasteiger partial charge in [0.1, 0.15) is 0 Å². The van der Waals surface area contributed by atoms with Crippen molar-refractivity contribution in [2.45, 2.75) is 31.6 Å². The number of hydrogen-bond acceptors (Lipinski definition) is 1. The summed E-state index contributed by atoms with van der Waals surface area (Å²) in [6, 6.07) is 6.17. The Bertz CT molecular complexity index is 547. The second-order valence-corrected chi connectivity index (χ2v) is 5.16. The molecule has 0 amide bonds. The van der Waals surface area contributed by atoms with Gasteiger partial charge in [-0.05, 0) is 55.2 Å². The van der Waals surface area contributed by atoms with E-state index in [2.05, 4.69) is 6.08 Å². The molecule has 20 heavy (non-hydrogen) atoms. The molecule has 1 fully saturated rings. The molecule has 0 bridgehead atoms. The summed E-state index contributed by atoms with van der Waals surface area (Å²) >= 11 is 0. The first-order chi connectivity index (χ1) is 9.70. The van der Waals surface area contributed by atoms with Gasteiger partial charge in [-0.3, -0.25) is 0 Å². The fourth-order valence-corrected chi connectivity index (χ4v) is 2.73. The van der Waals surface area contributed by atoms with Gasteiger partial charge in [0.25, 0.3) is 0 Å². The van der Waals surface area contributed by atoms with Gasteiger partial charge in [0.2, 0.25) is 0 Å². The molecule has 1 nitrogen and oxygen atoms in total. The zero-order valence-corrected chi connectivity index (χ0v) is 11.2. The van der Waals surface area contributed by atoms with Crippen LogP contribution in [0.5, 0.6) is 0 Å². The summed E-state index contributed by atoms with van der Waals surface area (Å²) in [6.07, 6.45) is 11.3. The van der Waals surface area contributed by atoms with Crippen molar-refractivity contribution in [1.29, 1.82) is 5.26 Å². The van der Waals surface area contributed by atoms with Crippen LogP contribution in [0.15, 0.2) is 42.5 Å². The maximum atomic E-state index is 13.2. The summed E-state index contributed by atoms with van der Waals surface area (Å²) in [6.45, 7) is 0. The van der Waals surface area contributed by atoms with E-state index in [4.69, 9.17) is 5.26 Å². The molecular weight excluding hydrogens is 256 g/mol. The van der Waals surface area contributed by atoms with Crippen molar-refractivity contribution in [3.63, 3.8) is 0 Å². The number of nitrogens with zero attached hydrogens (tertiary/aromatic N) is 1. The van der Waals surface area contributed by atoms with Crippen LogP contribution in [0.3, 0.4) is 0 Å². The standard InChI is InChI=1S/C17H17F2N/c18-16-10-9-15(12-17(16)19)14-7-5-13(6-8-14)4-2-1-3-11-20/h1-4,9-10,12-14H,5-8H2/b3-1+,4-2+. The van der Waals surface area contributed by atoms with Crippen molar-refractivity contribution < 1.29 is 8.78 Å². The van der Waals surface area contributed by atoms with Crippen LogP contribution >= 0.6 is 0 Å². The molecule has 104 valence electrons. The molecule has 1 aromatic carbocycles. The van der Waals surface area contributed by atoms with E-state index in [1.165, 1.54) is 18.2 Å². The first kappa shape index (κ1) is 14.5. The van der Waals surface area contributed by atoms with Crippen LogP contribution in [0.25, 0.3) is 0 Å². The van der Waals surface area contributed by atoms with E-state index in [0.717, 1.165) is 31.2 Å². The predicted molar refractivity (Wildman–Crippen MR) is 75.0 cm³/mol. The molecule has 0 atom stereocenters. The molecule has 3 heteroatoms. The maximum absolute atomic E-state index is 13.2. The second-order valence-electron chi connectivity index (χ2n) is 5.16. The lowest BCUT2D eigenvalue weighted by atomic mass is 9.78. The Balaban J connectivity index is 1.91. The molecule has 1 aliphatic carbocycles. The van der Waals surface area contributed by atoms with E-state index in [1.54, 1.807) is 12.1 Å². The summed E-state index contributed by atoms with van der Waals surface area (Å²) < 4.78 is 26.1. The van der Waals surface area contributed by atoms with E-state index in [9.17, 15) is 8.78 Å². The van der Waals surface area contributed by atoms with Crippen molar-refractivity contribution in [3.05, 3.63) is 59.7 Å². The summed E-state index contributed by atoms with van der Waals surface area (Å²) in [5, 5.41) is 8.38. The Morgan fingerprint density at radius 2 is 1.80 bits per heavy atom. The van der Waals surface area contributed by atoms with Gasteiger partial charge in [-0.25, -0.2) is 8.78 Å². The number of rotatable bonds is 3. The van der Waals surface area contributed by atoms with E-state index < -0.39 is 11.6 Å². The maximum Gasteiger partial charge on any atom is 0.159 e. The minimum absolute atomic E-state index is 0.324. The number of halogens is 2. The predicted octanol–water partition coefficient (Wildman–Crippen LogP) is 4.87. The molecule has 1 saturated carbocycles. The molecule has 0 unspecified atom stereocenters. The highest BCUT2D eigenvalue weighted by molar-refractivity contribution is 5.22. The Morgan fingerprint density at radius 1 is 1.05 bits per heavy atom. The van der Waals surface area contributed by atoms with E-state index in [-0.39, 0.29) is 0 Å². The average molecular weight is 273 g/mol. The molecule has 0 spiro atoms.